The molecule has 0 aliphatic carbocycles. The van der Waals surface area contributed by atoms with Crippen molar-refractivity contribution in [3.8, 4) is 0 Å². The Hall–Kier alpha value is -1.10. The molecule has 0 bridgehead atoms. The van der Waals surface area contributed by atoms with Gasteiger partial charge in [0.15, 0.2) is 0 Å². The van der Waals surface area contributed by atoms with Crippen molar-refractivity contribution >= 4 is 11.8 Å². The Balaban J connectivity index is 3.82. The molecule has 0 unspecified atom stereocenters. The van der Waals surface area contributed by atoms with Crippen molar-refractivity contribution < 1.29 is 14.7 Å². The second-order valence-electron chi connectivity index (χ2n) is 3.37. The van der Waals surface area contributed by atoms with Gasteiger partial charge in [-0.05, 0) is 12.8 Å². The summed E-state index contributed by atoms with van der Waals surface area (Å²) >= 11 is 0. The van der Waals surface area contributed by atoms with Crippen molar-refractivity contribution in [2.45, 2.75) is 39.2 Å². The number of hydrogen-bond acceptors (Lipinski definition) is 3. The molecule has 0 heterocycles. The first-order valence-electron chi connectivity index (χ1n) is 5.35. The summed E-state index contributed by atoms with van der Waals surface area (Å²) in [5, 5.41) is 13.8. The molecule has 1 atom stereocenters. The molecule has 0 aromatic carbocycles. The second kappa shape index (κ2) is 8.23. The SMILES string of the molecule is CCCCNC(=O)C(=O)N[C@@H](CC)CO. The summed E-state index contributed by atoms with van der Waals surface area (Å²) < 4.78 is 0. The van der Waals surface area contributed by atoms with Crippen LogP contribution in [0.4, 0.5) is 0 Å². The normalized spacial score (nSPS) is 11.9. The summed E-state index contributed by atoms with van der Waals surface area (Å²) in [6, 6.07) is -0.338. The molecule has 2 amide bonds. The van der Waals surface area contributed by atoms with Gasteiger partial charge >= 0.3 is 11.8 Å². The standard InChI is InChI=1S/C10H20N2O3/c1-3-5-6-11-9(14)10(15)12-8(4-2)7-13/h8,13H,3-7H2,1-2H3,(H,11,14)(H,12,15)/t8-/m0/s1. The van der Waals surface area contributed by atoms with Crippen molar-refractivity contribution in [3.63, 3.8) is 0 Å². The van der Waals surface area contributed by atoms with Gasteiger partial charge in [0.05, 0.1) is 12.6 Å². The fourth-order valence-electron chi connectivity index (χ4n) is 0.987. The van der Waals surface area contributed by atoms with E-state index in [1.807, 2.05) is 13.8 Å². The molecule has 0 radical (unpaired) electrons. The molecule has 0 aliphatic rings. The molecule has 0 spiro atoms. The minimum atomic E-state index is -0.674. The first-order chi connectivity index (χ1) is 7.15. The van der Waals surface area contributed by atoms with Crippen molar-refractivity contribution in [2.75, 3.05) is 13.2 Å². The van der Waals surface area contributed by atoms with Crippen LogP contribution in [0.15, 0.2) is 0 Å². The van der Waals surface area contributed by atoms with Crippen LogP contribution < -0.4 is 10.6 Å². The van der Waals surface area contributed by atoms with Gasteiger partial charge in [-0.1, -0.05) is 20.3 Å². The Morgan fingerprint density at radius 3 is 2.40 bits per heavy atom. The minimum absolute atomic E-state index is 0.148. The smallest absolute Gasteiger partial charge is 0.309 e. The molecule has 3 N–H and O–H groups in total. The largest absolute Gasteiger partial charge is 0.394 e. The van der Waals surface area contributed by atoms with Crippen molar-refractivity contribution in [3.05, 3.63) is 0 Å². The summed E-state index contributed by atoms with van der Waals surface area (Å²) in [7, 11) is 0. The first-order valence-corrected chi connectivity index (χ1v) is 5.35. The molecule has 5 nitrogen and oxygen atoms in total. The quantitative estimate of drug-likeness (QED) is 0.424. The summed E-state index contributed by atoms with van der Waals surface area (Å²) in [5.74, 6) is -1.30. The maximum Gasteiger partial charge on any atom is 0.309 e. The van der Waals surface area contributed by atoms with E-state index in [0.29, 0.717) is 13.0 Å². The number of hydrogen-bond donors (Lipinski definition) is 3. The van der Waals surface area contributed by atoms with Gasteiger partial charge in [-0.15, -0.1) is 0 Å². The van der Waals surface area contributed by atoms with E-state index in [4.69, 9.17) is 5.11 Å². The highest BCUT2D eigenvalue weighted by atomic mass is 16.3. The number of amides is 2. The number of aliphatic hydroxyl groups excluding tert-OH is 1. The fraction of sp³-hybridized carbons (Fsp3) is 0.800. The fourth-order valence-corrected chi connectivity index (χ4v) is 0.987. The van der Waals surface area contributed by atoms with Gasteiger partial charge in [0.2, 0.25) is 0 Å². The average molecular weight is 216 g/mol. The van der Waals surface area contributed by atoms with Gasteiger partial charge in [-0.25, -0.2) is 0 Å². The molecular formula is C10H20N2O3. The first kappa shape index (κ1) is 13.9. The molecule has 0 aromatic heterocycles. The van der Waals surface area contributed by atoms with E-state index < -0.39 is 11.8 Å². The van der Waals surface area contributed by atoms with E-state index in [9.17, 15) is 9.59 Å². The van der Waals surface area contributed by atoms with E-state index in [1.165, 1.54) is 0 Å². The zero-order valence-electron chi connectivity index (χ0n) is 9.38. The van der Waals surface area contributed by atoms with Crippen molar-refractivity contribution in [1.82, 2.24) is 10.6 Å². The molecule has 0 rings (SSSR count). The van der Waals surface area contributed by atoms with Crippen LogP contribution in [0.25, 0.3) is 0 Å². The topological polar surface area (TPSA) is 78.4 Å². The van der Waals surface area contributed by atoms with Crippen molar-refractivity contribution in [1.29, 1.82) is 0 Å². The van der Waals surface area contributed by atoms with Gasteiger partial charge < -0.3 is 15.7 Å². The van der Waals surface area contributed by atoms with E-state index >= 15 is 0 Å². The van der Waals surface area contributed by atoms with E-state index in [-0.39, 0.29) is 12.6 Å². The molecule has 15 heavy (non-hydrogen) atoms. The lowest BCUT2D eigenvalue weighted by Crippen LogP contribution is -2.45. The Morgan fingerprint density at radius 1 is 1.27 bits per heavy atom. The third kappa shape index (κ3) is 6.06. The molecule has 88 valence electrons. The van der Waals surface area contributed by atoms with Gasteiger partial charge in [0, 0.05) is 6.54 Å². The van der Waals surface area contributed by atoms with Crippen LogP contribution in [0.3, 0.4) is 0 Å². The lowest BCUT2D eigenvalue weighted by Gasteiger charge is -2.13. The van der Waals surface area contributed by atoms with Crippen LogP contribution in [0.5, 0.6) is 0 Å². The number of rotatable bonds is 6. The number of unbranched alkanes of at least 4 members (excludes halogenated alkanes) is 1. The predicted octanol–water partition coefficient (Wildman–Crippen LogP) is -0.210. The number of nitrogens with one attached hydrogen (secondary N) is 2. The lowest BCUT2D eigenvalue weighted by molar-refractivity contribution is -0.139. The summed E-state index contributed by atoms with van der Waals surface area (Å²) in [4.78, 5) is 22.4. The zero-order valence-corrected chi connectivity index (χ0v) is 9.38. The third-order valence-corrected chi connectivity index (χ3v) is 2.07. The summed E-state index contributed by atoms with van der Waals surface area (Å²) in [6.07, 6.45) is 2.43. The highest BCUT2D eigenvalue weighted by Gasteiger charge is 2.15. The molecule has 0 saturated carbocycles. The number of carbonyl (C=O) groups excluding carboxylic acids is 2. The van der Waals surface area contributed by atoms with Crippen LogP contribution in [-0.2, 0) is 9.59 Å². The Labute approximate surface area is 90.2 Å². The Bertz CT molecular complexity index is 203. The maximum absolute atomic E-state index is 11.2. The van der Waals surface area contributed by atoms with Gasteiger partial charge in [-0.2, -0.15) is 0 Å². The molecule has 0 fully saturated rings. The molecule has 0 aromatic rings. The highest BCUT2D eigenvalue weighted by Crippen LogP contribution is 1.88. The molecule has 0 aliphatic heterocycles. The number of aliphatic hydroxyl groups is 1. The monoisotopic (exact) mass is 216 g/mol. The molecular weight excluding hydrogens is 196 g/mol. The van der Waals surface area contributed by atoms with E-state index in [0.717, 1.165) is 12.8 Å². The average Bonchev–Trinajstić information content (AvgIpc) is 2.25. The zero-order chi connectivity index (χ0) is 11.7. The maximum atomic E-state index is 11.2. The highest BCUT2D eigenvalue weighted by molar-refractivity contribution is 6.35. The predicted molar refractivity (Wildman–Crippen MR) is 57.2 cm³/mol. The third-order valence-electron chi connectivity index (χ3n) is 2.07. The van der Waals surface area contributed by atoms with Crippen LogP contribution in [0.2, 0.25) is 0 Å². The van der Waals surface area contributed by atoms with E-state index in [1.54, 1.807) is 0 Å². The van der Waals surface area contributed by atoms with Crippen molar-refractivity contribution in [2.24, 2.45) is 0 Å². The Morgan fingerprint density at radius 2 is 1.93 bits per heavy atom. The molecule has 0 saturated heterocycles. The van der Waals surface area contributed by atoms with Crippen LogP contribution in [-0.4, -0.2) is 36.1 Å². The van der Waals surface area contributed by atoms with Crippen LogP contribution in [0.1, 0.15) is 33.1 Å². The van der Waals surface area contributed by atoms with Crippen LogP contribution >= 0.6 is 0 Å². The summed E-state index contributed by atoms with van der Waals surface area (Å²) in [6.45, 7) is 4.20. The lowest BCUT2D eigenvalue weighted by atomic mass is 10.2. The van der Waals surface area contributed by atoms with E-state index in [2.05, 4.69) is 10.6 Å². The molecule has 5 heteroatoms. The second-order valence-corrected chi connectivity index (χ2v) is 3.37. The van der Waals surface area contributed by atoms with Gasteiger partial charge in [0.25, 0.3) is 0 Å². The Kier molecular flexibility index (Phi) is 7.62. The van der Waals surface area contributed by atoms with Crippen LogP contribution in [0, 0.1) is 0 Å². The summed E-state index contributed by atoms with van der Waals surface area (Å²) in [5.41, 5.74) is 0. The van der Waals surface area contributed by atoms with Gasteiger partial charge in [0.1, 0.15) is 0 Å². The minimum Gasteiger partial charge on any atom is -0.394 e. The number of carbonyl (C=O) groups is 2. The van der Waals surface area contributed by atoms with Gasteiger partial charge in [-0.3, -0.25) is 9.59 Å².